The fourth-order valence-electron chi connectivity index (χ4n) is 0.912. The largest absolute Gasteiger partial charge is 1.00 e. The molecule has 1 aromatic heterocycles. The topological polar surface area (TPSA) is 101 Å². The Morgan fingerprint density at radius 2 is 2.17 bits per heavy atom. The summed E-state index contributed by atoms with van der Waals surface area (Å²) >= 11 is 2.55. The molecule has 0 amide bonds. The number of sulfone groups is 1. The van der Waals surface area contributed by atoms with Crippen LogP contribution in [0.1, 0.15) is 5.69 Å². The summed E-state index contributed by atoms with van der Waals surface area (Å²) in [5.41, 5.74) is 0.445. The van der Waals surface area contributed by atoms with Crippen molar-refractivity contribution in [2.75, 3.05) is 10.2 Å². The van der Waals surface area contributed by atoms with E-state index in [9.17, 15) is 13.7 Å². The van der Waals surface area contributed by atoms with Crippen molar-refractivity contribution in [3.8, 4) is 0 Å². The molecule has 11 heteroatoms. The van der Waals surface area contributed by atoms with Gasteiger partial charge < -0.3 is 5.26 Å². The Labute approximate surface area is 144 Å². The van der Waals surface area contributed by atoms with Gasteiger partial charge >= 0.3 is 29.6 Å². The average molecular weight is 414 g/mol. The van der Waals surface area contributed by atoms with Gasteiger partial charge in [-0.25, -0.2) is 8.42 Å². The molecule has 1 heterocycles. The molecular weight excluding hydrogens is 406 g/mol. The SMILES string of the molecule is Cc1nnc(S(=O)(=O)CCI)cc1SOO[O-].[Na+]. The zero-order valence-electron chi connectivity index (χ0n) is 9.62. The summed E-state index contributed by atoms with van der Waals surface area (Å²) in [5.74, 6) is -0.0195. The molecule has 0 bridgehead atoms. The van der Waals surface area contributed by atoms with Crippen molar-refractivity contribution in [3.63, 3.8) is 0 Å². The summed E-state index contributed by atoms with van der Waals surface area (Å²) in [5, 5.41) is 20.0. The molecule has 96 valence electrons. The number of nitrogens with zero attached hydrogens (tertiary/aromatic N) is 2. The molecule has 0 aliphatic carbocycles. The molecule has 0 N–H and O–H groups in total. The molecule has 0 fully saturated rings. The zero-order valence-corrected chi connectivity index (χ0v) is 15.4. The molecule has 1 rings (SSSR count). The molecule has 7 nitrogen and oxygen atoms in total. The molecule has 18 heavy (non-hydrogen) atoms. The quantitative estimate of drug-likeness (QED) is 0.123. The number of alkyl halides is 1. The van der Waals surface area contributed by atoms with Crippen LogP contribution in [-0.2, 0) is 19.2 Å². The molecular formula is C7H8IN2NaO5S2. The van der Waals surface area contributed by atoms with E-state index in [0.29, 0.717) is 27.1 Å². The molecule has 0 atom stereocenters. The first-order valence-electron chi connectivity index (χ1n) is 4.27. The third-order valence-electron chi connectivity index (χ3n) is 1.73. The number of rotatable bonds is 6. The Morgan fingerprint density at radius 3 is 2.72 bits per heavy atom. The molecule has 0 aliphatic rings. The predicted molar refractivity (Wildman–Crippen MR) is 65.7 cm³/mol. The second-order valence-corrected chi connectivity index (χ2v) is 6.74. The van der Waals surface area contributed by atoms with Crippen molar-refractivity contribution in [2.24, 2.45) is 0 Å². The number of hydrogen-bond donors (Lipinski definition) is 0. The van der Waals surface area contributed by atoms with Crippen LogP contribution < -0.4 is 34.8 Å². The normalized spacial score (nSPS) is 11.1. The van der Waals surface area contributed by atoms with E-state index in [4.69, 9.17) is 0 Å². The number of halogens is 1. The van der Waals surface area contributed by atoms with Crippen molar-refractivity contribution in [3.05, 3.63) is 11.8 Å². The van der Waals surface area contributed by atoms with E-state index in [1.807, 2.05) is 22.6 Å². The van der Waals surface area contributed by atoms with Crippen molar-refractivity contribution >= 4 is 44.5 Å². The minimum atomic E-state index is -3.44. The maximum atomic E-state index is 11.7. The van der Waals surface area contributed by atoms with Gasteiger partial charge in [0.15, 0.2) is 14.9 Å². The van der Waals surface area contributed by atoms with Gasteiger partial charge in [-0.15, -0.1) is 5.10 Å². The summed E-state index contributed by atoms with van der Waals surface area (Å²) in [6, 6.07) is 1.30. The van der Waals surface area contributed by atoms with Crippen molar-refractivity contribution < 1.29 is 52.6 Å². The van der Waals surface area contributed by atoms with Crippen LogP contribution >= 0.6 is 34.6 Å². The minimum absolute atomic E-state index is 0. The van der Waals surface area contributed by atoms with E-state index >= 15 is 0 Å². The molecule has 0 aliphatic heterocycles. The smallest absolute Gasteiger partial charge is 0.691 e. The van der Waals surface area contributed by atoms with Crippen LogP contribution in [0, 0.1) is 6.92 Å². The third-order valence-corrected chi connectivity index (χ3v) is 5.29. The van der Waals surface area contributed by atoms with Crippen LogP contribution in [0.5, 0.6) is 0 Å². The summed E-state index contributed by atoms with van der Waals surface area (Å²) in [6.07, 6.45) is 0. The molecule has 0 saturated heterocycles. The maximum absolute atomic E-state index is 11.7. The number of hydrogen-bond acceptors (Lipinski definition) is 8. The van der Waals surface area contributed by atoms with Crippen LogP contribution in [-0.4, -0.2) is 28.8 Å². The molecule has 0 unspecified atom stereocenters. The zero-order chi connectivity index (χ0) is 12.9. The first-order valence-corrected chi connectivity index (χ1v) is 8.19. The summed E-state index contributed by atoms with van der Waals surface area (Å²) < 4.78 is 28.0. The molecule has 0 spiro atoms. The number of aromatic nitrogens is 2. The van der Waals surface area contributed by atoms with Crippen LogP contribution in [0.2, 0.25) is 0 Å². The third kappa shape index (κ3) is 5.54. The van der Waals surface area contributed by atoms with Gasteiger partial charge in [-0.2, -0.15) is 9.43 Å². The van der Waals surface area contributed by atoms with Crippen molar-refractivity contribution in [1.82, 2.24) is 10.2 Å². The summed E-state index contributed by atoms with van der Waals surface area (Å²) in [7, 11) is -3.44. The van der Waals surface area contributed by atoms with E-state index in [0.717, 1.165) is 0 Å². The first-order chi connectivity index (χ1) is 8.01. The maximum Gasteiger partial charge on any atom is 1.00 e. The van der Waals surface area contributed by atoms with Gasteiger partial charge in [-0.1, -0.05) is 22.6 Å². The second kappa shape index (κ2) is 9.02. The molecule has 0 saturated carbocycles. The van der Waals surface area contributed by atoms with Gasteiger partial charge in [0.05, 0.1) is 28.4 Å². The van der Waals surface area contributed by atoms with Gasteiger partial charge in [-0.05, 0) is 13.0 Å². The Balaban J connectivity index is 0.00000289. The molecule has 1 aromatic rings. The minimum Gasteiger partial charge on any atom is -0.691 e. The fraction of sp³-hybridized carbons (Fsp3) is 0.429. The van der Waals surface area contributed by atoms with Gasteiger partial charge in [0.2, 0.25) is 0 Å². The average Bonchev–Trinajstić information content (AvgIpc) is 2.27. The Bertz CT molecular complexity index is 487. The molecule has 0 aromatic carbocycles. The van der Waals surface area contributed by atoms with E-state index in [1.165, 1.54) is 6.07 Å². The van der Waals surface area contributed by atoms with E-state index in [1.54, 1.807) is 6.92 Å². The van der Waals surface area contributed by atoms with E-state index in [-0.39, 0.29) is 40.3 Å². The monoisotopic (exact) mass is 414 g/mol. The van der Waals surface area contributed by atoms with E-state index in [2.05, 4.69) is 19.6 Å². The van der Waals surface area contributed by atoms with Crippen LogP contribution in [0.3, 0.4) is 0 Å². The van der Waals surface area contributed by atoms with Gasteiger partial charge in [0.1, 0.15) is 0 Å². The summed E-state index contributed by atoms with van der Waals surface area (Å²) in [4.78, 5) is 0.364. The van der Waals surface area contributed by atoms with Crippen LogP contribution in [0.25, 0.3) is 0 Å². The predicted octanol–water partition coefficient (Wildman–Crippen LogP) is -2.77. The van der Waals surface area contributed by atoms with Gasteiger partial charge in [0.25, 0.3) is 0 Å². The fourth-order valence-corrected chi connectivity index (χ4v) is 4.02. The number of aryl methyl sites for hydroxylation is 1. The van der Waals surface area contributed by atoms with Crippen LogP contribution in [0.4, 0.5) is 0 Å². The molecule has 0 radical (unpaired) electrons. The van der Waals surface area contributed by atoms with Crippen LogP contribution in [0.15, 0.2) is 16.0 Å². The van der Waals surface area contributed by atoms with Gasteiger partial charge in [0, 0.05) is 4.43 Å². The second-order valence-electron chi connectivity index (χ2n) is 2.86. The Morgan fingerprint density at radius 1 is 1.50 bits per heavy atom. The Kier molecular flexibility index (Phi) is 9.52. The Hall–Kier alpha value is 0.990. The standard InChI is InChI=1S/C7H9IN2O5S2.Na/c1-5-6(16-15-14-11)4-7(10-9-5)17(12,13)3-2-8;/h4,11H,2-3H2,1H3;/q;+1/p-1. The van der Waals surface area contributed by atoms with Gasteiger partial charge in [-0.3, -0.25) is 5.04 Å². The van der Waals surface area contributed by atoms with E-state index < -0.39 is 9.84 Å². The first kappa shape index (κ1) is 19.0. The summed E-state index contributed by atoms with van der Waals surface area (Å²) in [6.45, 7) is 1.61. The van der Waals surface area contributed by atoms with Crippen molar-refractivity contribution in [2.45, 2.75) is 16.8 Å². The van der Waals surface area contributed by atoms with Crippen molar-refractivity contribution in [1.29, 1.82) is 0 Å².